The largest absolute Gasteiger partial charge is 0.464 e. The molecular weight excluding hydrogens is 246 g/mol. The zero-order valence-electron chi connectivity index (χ0n) is 10.4. The fourth-order valence-electron chi connectivity index (χ4n) is 1.20. The number of rotatable bonds is 5. The van der Waals surface area contributed by atoms with Crippen molar-refractivity contribution in [2.24, 2.45) is 0 Å². The van der Waals surface area contributed by atoms with Crippen molar-refractivity contribution >= 4 is 22.9 Å². The smallest absolute Gasteiger partial charge is 0.357 e. The normalized spacial score (nSPS) is 12.2. The van der Waals surface area contributed by atoms with Crippen LogP contribution in [0.3, 0.4) is 0 Å². The maximum absolute atomic E-state index is 11.3. The first-order valence-corrected chi connectivity index (χ1v) is 6.27. The quantitative estimate of drug-likeness (QED) is 0.600. The van der Waals surface area contributed by atoms with Gasteiger partial charge in [-0.3, -0.25) is 0 Å². The molecule has 0 atom stereocenters. The predicted octanol–water partition coefficient (Wildman–Crippen LogP) is 3.63. The average Bonchev–Trinajstić information content (AvgIpc) is 2.86. The van der Waals surface area contributed by atoms with Gasteiger partial charge in [-0.1, -0.05) is 43.0 Å². The summed E-state index contributed by atoms with van der Waals surface area (Å²) in [4.78, 5) is 15.6. The summed E-state index contributed by atoms with van der Waals surface area (Å²) in [6.45, 7) is 5.61. The third kappa shape index (κ3) is 3.82. The van der Waals surface area contributed by atoms with Crippen LogP contribution in [0.5, 0.6) is 0 Å². The number of aromatic nitrogens is 1. The van der Waals surface area contributed by atoms with Crippen LogP contribution in [0.25, 0.3) is 5.57 Å². The zero-order valence-corrected chi connectivity index (χ0v) is 11.2. The maximum atomic E-state index is 11.3. The van der Waals surface area contributed by atoms with Gasteiger partial charge < -0.3 is 4.74 Å². The molecule has 1 heterocycles. The molecule has 0 radical (unpaired) electrons. The van der Waals surface area contributed by atoms with E-state index in [0.29, 0.717) is 5.69 Å². The van der Waals surface area contributed by atoms with Crippen molar-refractivity contribution in [2.45, 2.75) is 6.92 Å². The van der Waals surface area contributed by atoms with Crippen molar-refractivity contribution in [1.29, 1.82) is 0 Å². The molecule has 4 heteroatoms. The van der Waals surface area contributed by atoms with Gasteiger partial charge in [0.25, 0.3) is 0 Å². The topological polar surface area (TPSA) is 39.2 Å². The van der Waals surface area contributed by atoms with Crippen LogP contribution >= 0.6 is 11.3 Å². The minimum absolute atomic E-state index is 0.326. The van der Waals surface area contributed by atoms with E-state index in [1.54, 1.807) is 11.5 Å². The highest BCUT2D eigenvalue weighted by atomic mass is 32.1. The van der Waals surface area contributed by atoms with Gasteiger partial charge in [0.1, 0.15) is 5.01 Å². The summed E-state index contributed by atoms with van der Waals surface area (Å²) in [5, 5.41) is 2.44. The highest BCUT2D eigenvalue weighted by Crippen LogP contribution is 2.21. The Balaban J connectivity index is 3.00. The molecule has 0 spiro atoms. The van der Waals surface area contributed by atoms with E-state index in [0.717, 1.165) is 10.6 Å². The van der Waals surface area contributed by atoms with Gasteiger partial charge in [0.15, 0.2) is 5.69 Å². The maximum Gasteiger partial charge on any atom is 0.357 e. The van der Waals surface area contributed by atoms with Gasteiger partial charge in [0.2, 0.25) is 0 Å². The summed E-state index contributed by atoms with van der Waals surface area (Å²) in [7, 11) is 1.34. The minimum Gasteiger partial charge on any atom is -0.464 e. The van der Waals surface area contributed by atoms with E-state index in [1.165, 1.54) is 18.4 Å². The Kier molecular flexibility index (Phi) is 5.80. The Morgan fingerprint density at radius 3 is 2.89 bits per heavy atom. The second kappa shape index (κ2) is 7.40. The second-order valence-electron chi connectivity index (χ2n) is 3.27. The van der Waals surface area contributed by atoms with E-state index in [4.69, 9.17) is 0 Å². The van der Waals surface area contributed by atoms with Crippen molar-refractivity contribution in [1.82, 2.24) is 4.98 Å². The standard InChI is InChI=1S/C14H15NO2S/c1-4-6-7-9-11(8-5-2)13-15-12(10-18-13)14(16)17-3/h4-10H,2H2,1,3H3/b6-4-,9-7-,11-8+. The van der Waals surface area contributed by atoms with E-state index >= 15 is 0 Å². The highest BCUT2D eigenvalue weighted by Gasteiger charge is 2.11. The van der Waals surface area contributed by atoms with Crippen LogP contribution in [0.2, 0.25) is 0 Å². The summed E-state index contributed by atoms with van der Waals surface area (Å²) in [5.41, 5.74) is 1.23. The van der Waals surface area contributed by atoms with Crippen molar-refractivity contribution in [3.05, 3.63) is 59.1 Å². The summed E-state index contributed by atoms with van der Waals surface area (Å²) in [5.74, 6) is -0.423. The molecule has 0 N–H and O–H groups in total. The third-order valence-corrected chi connectivity index (χ3v) is 2.91. The van der Waals surface area contributed by atoms with Gasteiger partial charge >= 0.3 is 5.97 Å². The first kappa shape index (κ1) is 14.1. The van der Waals surface area contributed by atoms with Crippen LogP contribution in [0.4, 0.5) is 0 Å². The summed E-state index contributed by atoms with van der Waals surface area (Å²) >= 11 is 1.40. The number of esters is 1. The lowest BCUT2D eigenvalue weighted by molar-refractivity contribution is 0.0595. The molecule has 1 aromatic rings. The molecule has 18 heavy (non-hydrogen) atoms. The van der Waals surface area contributed by atoms with E-state index in [1.807, 2.05) is 37.3 Å². The third-order valence-electron chi connectivity index (χ3n) is 2.02. The van der Waals surface area contributed by atoms with Crippen molar-refractivity contribution in [2.75, 3.05) is 7.11 Å². The van der Waals surface area contributed by atoms with Gasteiger partial charge in [-0.25, -0.2) is 9.78 Å². The first-order valence-electron chi connectivity index (χ1n) is 5.39. The molecule has 0 amide bonds. The molecule has 0 saturated heterocycles. The van der Waals surface area contributed by atoms with Crippen LogP contribution < -0.4 is 0 Å². The lowest BCUT2D eigenvalue weighted by Crippen LogP contribution is -2.01. The van der Waals surface area contributed by atoms with Gasteiger partial charge in [-0.2, -0.15) is 0 Å². The summed E-state index contributed by atoms with van der Waals surface area (Å²) in [6.07, 6.45) is 11.2. The Morgan fingerprint density at radius 2 is 2.28 bits per heavy atom. The fraction of sp³-hybridized carbons (Fsp3) is 0.143. The van der Waals surface area contributed by atoms with Crippen molar-refractivity contribution < 1.29 is 9.53 Å². The SMILES string of the molecule is C=C\C=C(/C=C\C=C/C)c1nc(C(=O)OC)cs1. The van der Waals surface area contributed by atoms with E-state index in [2.05, 4.69) is 16.3 Å². The Labute approximate surface area is 111 Å². The lowest BCUT2D eigenvalue weighted by atomic mass is 10.2. The molecule has 0 bridgehead atoms. The lowest BCUT2D eigenvalue weighted by Gasteiger charge is -1.95. The van der Waals surface area contributed by atoms with Gasteiger partial charge in [-0.15, -0.1) is 11.3 Å². The molecule has 0 aliphatic heterocycles. The van der Waals surface area contributed by atoms with Crippen LogP contribution in [-0.2, 0) is 4.74 Å². The summed E-state index contributed by atoms with van der Waals surface area (Å²) < 4.78 is 4.62. The Bertz CT molecular complexity index is 510. The predicted molar refractivity (Wildman–Crippen MR) is 75.6 cm³/mol. The Morgan fingerprint density at radius 1 is 1.50 bits per heavy atom. The van der Waals surface area contributed by atoms with Gasteiger partial charge in [0, 0.05) is 11.0 Å². The second-order valence-corrected chi connectivity index (χ2v) is 4.13. The number of allylic oxidation sites excluding steroid dienone is 7. The fourth-order valence-corrected chi connectivity index (χ4v) is 2.00. The molecule has 1 rings (SSSR count). The Hall–Kier alpha value is -1.94. The number of carbonyl (C=O) groups is 1. The molecule has 94 valence electrons. The average molecular weight is 261 g/mol. The minimum atomic E-state index is -0.423. The molecule has 0 unspecified atom stereocenters. The number of hydrogen-bond acceptors (Lipinski definition) is 4. The molecule has 0 aromatic carbocycles. The van der Waals surface area contributed by atoms with Crippen LogP contribution in [-0.4, -0.2) is 18.1 Å². The van der Waals surface area contributed by atoms with E-state index in [9.17, 15) is 4.79 Å². The zero-order chi connectivity index (χ0) is 13.4. The van der Waals surface area contributed by atoms with Gasteiger partial charge in [0.05, 0.1) is 7.11 Å². The van der Waals surface area contributed by atoms with Gasteiger partial charge in [-0.05, 0) is 6.92 Å². The van der Waals surface area contributed by atoms with Crippen LogP contribution in [0.15, 0.2) is 48.4 Å². The number of methoxy groups -OCH3 is 1. The number of hydrogen-bond donors (Lipinski definition) is 0. The monoisotopic (exact) mass is 261 g/mol. The molecule has 0 saturated carbocycles. The summed E-state index contributed by atoms with van der Waals surface area (Å²) in [6, 6.07) is 0. The molecule has 1 aromatic heterocycles. The van der Waals surface area contributed by atoms with Crippen molar-refractivity contribution in [3.63, 3.8) is 0 Å². The van der Waals surface area contributed by atoms with Crippen LogP contribution in [0, 0.1) is 0 Å². The first-order chi connectivity index (χ1) is 8.72. The van der Waals surface area contributed by atoms with Crippen molar-refractivity contribution in [3.8, 4) is 0 Å². The molecule has 3 nitrogen and oxygen atoms in total. The van der Waals surface area contributed by atoms with Crippen LogP contribution in [0.1, 0.15) is 22.4 Å². The highest BCUT2D eigenvalue weighted by molar-refractivity contribution is 7.11. The van der Waals surface area contributed by atoms with E-state index < -0.39 is 5.97 Å². The molecule has 0 aliphatic carbocycles. The number of carbonyl (C=O) groups excluding carboxylic acids is 1. The molecular formula is C14H15NO2S. The van der Waals surface area contributed by atoms with E-state index in [-0.39, 0.29) is 0 Å². The molecule has 0 fully saturated rings. The number of thiazole rings is 1. The number of nitrogens with zero attached hydrogens (tertiary/aromatic N) is 1. The number of ether oxygens (including phenoxy) is 1. The molecule has 0 aliphatic rings.